The number of nitrogens with zero attached hydrogens (tertiary/aromatic N) is 4. The van der Waals surface area contributed by atoms with Gasteiger partial charge >= 0.3 is 0 Å². The lowest BCUT2D eigenvalue weighted by atomic mass is 10.3. The maximum absolute atomic E-state index is 11.1. The molecule has 1 aromatic heterocycles. The normalized spacial score (nSPS) is 16.1. The van der Waals surface area contributed by atoms with E-state index in [0.717, 1.165) is 56.7 Å². The quantitative estimate of drug-likeness (QED) is 0.217. The molecule has 0 unspecified atom stereocenters. The van der Waals surface area contributed by atoms with Gasteiger partial charge in [0, 0.05) is 51.6 Å². The van der Waals surface area contributed by atoms with Crippen molar-refractivity contribution in [3.8, 4) is 0 Å². The zero-order valence-corrected chi connectivity index (χ0v) is 20.0. The molecule has 0 bridgehead atoms. The van der Waals surface area contributed by atoms with Gasteiger partial charge in [-0.25, -0.2) is 8.42 Å². The largest absolute Gasteiger partial charge is 0.378 e. The molecule has 2 heterocycles. The standard InChI is InChI=1S/C17H31N5O4S.HI/c1-4-18-17(19-5-10-25-11-12-27(3,23)24)22-8-6-21(7-9-22)14-16-13-15(2)26-20-16;/h13H,4-12,14H2,1-3H3,(H,18,19);1H. The van der Waals surface area contributed by atoms with Crippen molar-refractivity contribution in [1.29, 1.82) is 0 Å². The third kappa shape index (κ3) is 9.52. The number of guanidine groups is 1. The van der Waals surface area contributed by atoms with Crippen LogP contribution in [0.25, 0.3) is 0 Å². The van der Waals surface area contributed by atoms with E-state index in [1.54, 1.807) is 0 Å². The second-order valence-electron chi connectivity index (χ2n) is 6.67. The molecule has 2 rings (SSSR count). The first-order valence-electron chi connectivity index (χ1n) is 9.30. The maximum atomic E-state index is 11.1. The summed E-state index contributed by atoms with van der Waals surface area (Å²) in [6.45, 7) is 10.3. The highest BCUT2D eigenvalue weighted by molar-refractivity contribution is 14.0. The number of aromatic nitrogens is 1. The van der Waals surface area contributed by atoms with Gasteiger partial charge in [-0.15, -0.1) is 24.0 Å². The summed E-state index contributed by atoms with van der Waals surface area (Å²) in [7, 11) is -2.98. The van der Waals surface area contributed by atoms with Crippen LogP contribution in [0.1, 0.15) is 18.4 Å². The van der Waals surface area contributed by atoms with Gasteiger partial charge < -0.3 is 19.5 Å². The molecule has 0 atom stereocenters. The summed E-state index contributed by atoms with van der Waals surface area (Å²) in [6.07, 6.45) is 1.21. The van der Waals surface area contributed by atoms with E-state index in [0.29, 0.717) is 13.2 Å². The van der Waals surface area contributed by atoms with Gasteiger partial charge in [0.05, 0.1) is 31.2 Å². The van der Waals surface area contributed by atoms with Crippen LogP contribution < -0.4 is 5.32 Å². The van der Waals surface area contributed by atoms with E-state index in [2.05, 4.69) is 25.3 Å². The Labute approximate surface area is 184 Å². The highest BCUT2D eigenvalue weighted by atomic mass is 127. The molecule has 1 aliphatic rings. The summed E-state index contributed by atoms with van der Waals surface area (Å²) in [5.74, 6) is 1.76. The number of aliphatic imine (C=N–C) groups is 1. The van der Waals surface area contributed by atoms with Crippen LogP contribution in [0.15, 0.2) is 15.6 Å². The lowest BCUT2D eigenvalue weighted by Crippen LogP contribution is -2.52. The summed E-state index contributed by atoms with van der Waals surface area (Å²) in [6, 6.07) is 1.97. The van der Waals surface area contributed by atoms with Crippen molar-refractivity contribution in [2.24, 2.45) is 4.99 Å². The van der Waals surface area contributed by atoms with E-state index in [-0.39, 0.29) is 36.3 Å². The molecule has 9 nitrogen and oxygen atoms in total. The van der Waals surface area contributed by atoms with Gasteiger partial charge in [0.1, 0.15) is 15.6 Å². The number of ether oxygens (including phenoxy) is 1. The summed E-state index contributed by atoms with van der Waals surface area (Å²) >= 11 is 0. The molecular weight excluding hydrogens is 497 g/mol. The number of rotatable bonds is 9. The first-order valence-corrected chi connectivity index (χ1v) is 11.4. The Kier molecular flexibility index (Phi) is 11.3. The number of piperazine rings is 1. The first-order chi connectivity index (χ1) is 12.9. The van der Waals surface area contributed by atoms with Crippen molar-refractivity contribution < 1.29 is 17.7 Å². The maximum Gasteiger partial charge on any atom is 0.194 e. The number of halogens is 1. The third-order valence-electron chi connectivity index (χ3n) is 4.16. The number of sulfone groups is 1. The van der Waals surface area contributed by atoms with Crippen LogP contribution in [0, 0.1) is 6.92 Å². The van der Waals surface area contributed by atoms with Gasteiger partial charge in [0.15, 0.2) is 5.96 Å². The number of hydrogen-bond donors (Lipinski definition) is 1. The average Bonchev–Trinajstić information content (AvgIpc) is 3.01. The summed E-state index contributed by atoms with van der Waals surface area (Å²) in [5.41, 5.74) is 0.966. The van der Waals surface area contributed by atoms with Gasteiger partial charge in [-0.2, -0.15) is 0 Å². The topological polar surface area (TPSA) is 100 Å². The fourth-order valence-corrected chi connectivity index (χ4v) is 3.21. The Balaban J connectivity index is 0.00000392. The molecule has 11 heteroatoms. The molecular formula is C17H32IN5O4S. The van der Waals surface area contributed by atoms with E-state index in [4.69, 9.17) is 9.26 Å². The molecule has 162 valence electrons. The van der Waals surface area contributed by atoms with Crippen LogP contribution >= 0.6 is 24.0 Å². The number of aryl methyl sites for hydroxylation is 1. The molecule has 1 saturated heterocycles. The van der Waals surface area contributed by atoms with Gasteiger partial charge in [0.2, 0.25) is 0 Å². The molecule has 1 aliphatic heterocycles. The Bertz CT molecular complexity index is 702. The number of nitrogens with one attached hydrogen (secondary N) is 1. The Morgan fingerprint density at radius 1 is 1.32 bits per heavy atom. The number of hydrogen-bond acceptors (Lipinski definition) is 7. The van der Waals surface area contributed by atoms with E-state index < -0.39 is 9.84 Å². The SMILES string of the molecule is CCNC(=NCCOCCS(C)(=O)=O)N1CCN(Cc2cc(C)on2)CC1.I. The zero-order chi connectivity index (χ0) is 19.7. The zero-order valence-electron chi connectivity index (χ0n) is 16.9. The van der Waals surface area contributed by atoms with E-state index in [1.807, 2.05) is 19.9 Å². The van der Waals surface area contributed by atoms with Crippen LogP contribution in [0.2, 0.25) is 0 Å². The lowest BCUT2D eigenvalue weighted by molar-refractivity contribution is 0.155. The highest BCUT2D eigenvalue weighted by Gasteiger charge is 2.20. The molecule has 0 aromatic carbocycles. The molecule has 28 heavy (non-hydrogen) atoms. The molecule has 0 radical (unpaired) electrons. The Hall–Kier alpha value is -0.920. The fraction of sp³-hybridized carbons (Fsp3) is 0.765. The van der Waals surface area contributed by atoms with Crippen LogP contribution in [0.4, 0.5) is 0 Å². The van der Waals surface area contributed by atoms with Gasteiger partial charge in [-0.05, 0) is 13.8 Å². The van der Waals surface area contributed by atoms with Crippen molar-refractivity contribution in [2.45, 2.75) is 20.4 Å². The molecule has 1 aromatic rings. The average molecular weight is 529 g/mol. The van der Waals surface area contributed by atoms with E-state index in [1.165, 1.54) is 6.26 Å². The molecule has 1 N–H and O–H groups in total. The predicted molar refractivity (Wildman–Crippen MR) is 120 cm³/mol. The predicted octanol–water partition coefficient (Wildman–Crippen LogP) is 0.745. The minimum absolute atomic E-state index is 0. The lowest BCUT2D eigenvalue weighted by Gasteiger charge is -2.36. The minimum atomic E-state index is -2.98. The second-order valence-corrected chi connectivity index (χ2v) is 8.93. The summed E-state index contributed by atoms with van der Waals surface area (Å²) in [4.78, 5) is 9.19. The van der Waals surface area contributed by atoms with Gasteiger partial charge in [-0.3, -0.25) is 9.89 Å². The van der Waals surface area contributed by atoms with Crippen molar-refractivity contribution >= 4 is 39.8 Å². The monoisotopic (exact) mass is 529 g/mol. The molecule has 1 fully saturated rings. The van der Waals surface area contributed by atoms with E-state index >= 15 is 0 Å². The molecule has 0 spiro atoms. The summed E-state index contributed by atoms with van der Waals surface area (Å²) < 4.78 is 32.6. The van der Waals surface area contributed by atoms with Crippen LogP contribution in [-0.4, -0.2) is 93.8 Å². The van der Waals surface area contributed by atoms with Crippen LogP contribution in [-0.2, 0) is 21.1 Å². The first kappa shape index (κ1) is 25.1. The molecule has 0 aliphatic carbocycles. The third-order valence-corrected chi connectivity index (χ3v) is 5.07. The van der Waals surface area contributed by atoms with Crippen molar-refractivity contribution in [3.63, 3.8) is 0 Å². The fourth-order valence-electron chi connectivity index (χ4n) is 2.79. The smallest absolute Gasteiger partial charge is 0.194 e. The van der Waals surface area contributed by atoms with Crippen LogP contribution in [0.3, 0.4) is 0 Å². The second kappa shape index (κ2) is 12.6. The van der Waals surface area contributed by atoms with Crippen molar-refractivity contribution in [1.82, 2.24) is 20.3 Å². The van der Waals surface area contributed by atoms with Gasteiger partial charge in [0.25, 0.3) is 0 Å². The van der Waals surface area contributed by atoms with Crippen LogP contribution in [0.5, 0.6) is 0 Å². The van der Waals surface area contributed by atoms with Gasteiger partial charge in [-0.1, -0.05) is 5.16 Å². The highest BCUT2D eigenvalue weighted by Crippen LogP contribution is 2.09. The Morgan fingerprint density at radius 2 is 2.04 bits per heavy atom. The Morgan fingerprint density at radius 3 is 2.61 bits per heavy atom. The van der Waals surface area contributed by atoms with Crippen molar-refractivity contribution in [3.05, 3.63) is 17.5 Å². The van der Waals surface area contributed by atoms with E-state index in [9.17, 15) is 8.42 Å². The van der Waals surface area contributed by atoms with Crippen molar-refractivity contribution in [2.75, 3.05) is 64.5 Å². The molecule has 0 amide bonds. The molecule has 0 saturated carbocycles. The summed E-state index contributed by atoms with van der Waals surface area (Å²) in [5, 5.41) is 7.37. The minimum Gasteiger partial charge on any atom is -0.378 e.